The molecule has 1 aromatic heterocycles. The summed E-state index contributed by atoms with van der Waals surface area (Å²) in [5, 5.41) is 2.82. The van der Waals surface area contributed by atoms with E-state index in [2.05, 4.69) is 21.2 Å². The number of Topliss-reactive ketones (excluding diaryl/α,β-unsaturated/α-hetero) is 2. The van der Waals surface area contributed by atoms with Crippen molar-refractivity contribution in [1.29, 1.82) is 0 Å². The van der Waals surface area contributed by atoms with Crippen molar-refractivity contribution >= 4 is 45.5 Å². The number of thiazole rings is 1. The largest absolute Gasteiger partial charge is 0.319 e. The number of carbonyl (C=O) groups excluding carboxylic acids is 4. The molecule has 0 spiro atoms. The van der Waals surface area contributed by atoms with Crippen molar-refractivity contribution in [3.8, 4) is 0 Å². The fourth-order valence-electron chi connectivity index (χ4n) is 2.18. The SMILES string of the molecule is CC(=O)NNc1nc(C)c(C(=O)CC(=O)C(=O)Nc2ccc(C)c(C)c2)s1. The van der Waals surface area contributed by atoms with Gasteiger partial charge in [-0.15, -0.1) is 0 Å². The van der Waals surface area contributed by atoms with Gasteiger partial charge in [-0.2, -0.15) is 0 Å². The van der Waals surface area contributed by atoms with Crippen molar-refractivity contribution in [1.82, 2.24) is 10.4 Å². The van der Waals surface area contributed by atoms with Gasteiger partial charge >= 0.3 is 0 Å². The maximum atomic E-state index is 12.3. The number of ketones is 2. The molecule has 0 saturated heterocycles. The molecule has 0 radical (unpaired) electrons. The third-order valence-corrected chi connectivity index (χ3v) is 4.85. The van der Waals surface area contributed by atoms with Gasteiger partial charge in [0.1, 0.15) is 0 Å². The average Bonchev–Trinajstić information content (AvgIpc) is 2.97. The second-order valence-corrected chi connectivity index (χ2v) is 7.02. The Hall–Kier alpha value is -3.07. The third kappa shape index (κ3) is 5.45. The molecule has 2 rings (SSSR count). The summed E-state index contributed by atoms with van der Waals surface area (Å²) in [5.41, 5.74) is 7.89. The summed E-state index contributed by atoms with van der Waals surface area (Å²) in [4.78, 5) is 51.8. The van der Waals surface area contributed by atoms with Gasteiger partial charge in [-0.25, -0.2) is 4.98 Å². The first kappa shape index (κ1) is 20.2. The van der Waals surface area contributed by atoms with Gasteiger partial charge in [0, 0.05) is 12.6 Å². The van der Waals surface area contributed by atoms with Crippen LogP contribution in [0.15, 0.2) is 18.2 Å². The fraction of sp³-hybridized carbons (Fsp3) is 0.278. The maximum absolute atomic E-state index is 12.3. The Kier molecular flexibility index (Phi) is 6.40. The molecule has 0 aliphatic rings. The summed E-state index contributed by atoms with van der Waals surface area (Å²) in [6, 6.07) is 5.29. The second-order valence-electron chi connectivity index (χ2n) is 6.02. The number of anilines is 2. The molecule has 142 valence electrons. The topological polar surface area (TPSA) is 117 Å². The first-order valence-electron chi connectivity index (χ1n) is 8.12. The zero-order valence-corrected chi connectivity index (χ0v) is 16.2. The second kappa shape index (κ2) is 8.54. The standard InChI is InChI=1S/C18H20N4O4S/c1-9-5-6-13(7-10(9)2)20-17(26)15(25)8-14(24)16-11(3)19-18(27-16)22-21-12(4)23/h5-7H,8H2,1-4H3,(H,19,22)(H,20,26)(H,21,23). The molecule has 0 aliphatic carbocycles. The molecular weight excluding hydrogens is 368 g/mol. The minimum Gasteiger partial charge on any atom is -0.319 e. The summed E-state index contributed by atoms with van der Waals surface area (Å²) in [6.07, 6.45) is -0.556. The number of benzene rings is 1. The molecule has 0 atom stereocenters. The Morgan fingerprint density at radius 3 is 2.41 bits per heavy atom. The van der Waals surface area contributed by atoms with Crippen LogP contribution in [-0.4, -0.2) is 28.4 Å². The van der Waals surface area contributed by atoms with Crippen LogP contribution in [0, 0.1) is 20.8 Å². The number of hydrogen-bond donors (Lipinski definition) is 3. The molecule has 1 aromatic carbocycles. The highest BCUT2D eigenvalue weighted by atomic mass is 32.1. The van der Waals surface area contributed by atoms with Crippen LogP contribution in [0.2, 0.25) is 0 Å². The van der Waals surface area contributed by atoms with Crippen molar-refractivity contribution in [3.05, 3.63) is 39.9 Å². The van der Waals surface area contributed by atoms with E-state index in [0.717, 1.165) is 22.5 Å². The van der Waals surface area contributed by atoms with Crippen LogP contribution in [-0.2, 0) is 14.4 Å². The van der Waals surface area contributed by atoms with Gasteiger partial charge in [0.2, 0.25) is 16.8 Å². The lowest BCUT2D eigenvalue weighted by Gasteiger charge is -2.06. The lowest BCUT2D eigenvalue weighted by molar-refractivity contribution is -0.134. The molecule has 0 saturated carbocycles. The lowest BCUT2D eigenvalue weighted by atomic mass is 10.1. The first-order chi connectivity index (χ1) is 12.7. The Morgan fingerprint density at radius 1 is 1.07 bits per heavy atom. The smallest absolute Gasteiger partial charge is 0.292 e. The summed E-state index contributed by atoms with van der Waals surface area (Å²) in [7, 11) is 0. The number of amides is 2. The van der Waals surface area contributed by atoms with Crippen LogP contribution in [0.3, 0.4) is 0 Å². The van der Waals surface area contributed by atoms with E-state index in [4.69, 9.17) is 0 Å². The van der Waals surface area contributed by atoms with Gasteiger partial charge in [0.15, 0.2) is 5.78 Å². The van der Waals surface area contributed by atoms with Gasteiger partial charge in [-0.1, -0.05) is 17.4 Å². The van der Waals surface area contributed by atoms with Gasteiger partial charge < -0.3 is 5.32 Å². The Balaban J connectivity index is 2.00. The third-order valence-electron chi connectivity index (χ3n) is 3.73. The number of aromatic nitrogens is 1. The molecular formula is C18H20N4O4S. The summed E-state index contributed by atoms with van der Waals surface area (Å²) < 4.78 is 0. The molecule has 0 aliphatic heterocycles. The number of hydrogen-bond acceptors (Lipinski definition) is 7. The van der Waals surface area contributed by atoms with Gasteiger partial charge in [-0.3, -0.25) is 30.0 Å². The average molecular weight is 388 g/mol. The van der Waals surface area contributed by atoms with Crippen molar-refractivity contribution < 1.29 is 19.2 Å². The van der Waals surface area contributed by atoms with Crippen LogP contribution in [0.5, 0.6) is 0 Å². The molecule has 0 fully saturated rings. The van der Waals surface area contributed by atoms with Crippen LogP contribution >= 0.6 is 11.3 Å². The normalized spacial score (nSPS) is 10.2. The van der Waals surface area contributed by atoms with Crippen LogP contribution in [0.4, 0.5) is 10.8 Å². The Bertz CT molecular complexity index is 920. The zero-order valence-electron chi connectivity index (χ0n) is 15.4. The maximum Gasteiger partial charge on any atom is 0.292 e. The minimum absolute atomic E-state index is 0.259. The molecule has 3 N–H and O–H groups in total. The van der Waals surface area contributed by atoms with Crippen molar-refractivity contribution in [2.45, 2.75) is 34.1 Å². The Morgan fingerprint density at radius 2 is 1.78 bits per heavy atom. The monoisotopic (exact) mass is 388 g/mol. The van der Waals surface area contributed by atoms with Gasteiger partial charge in [-0.05, 0) is 44.0 Å². The lowest BCUT2D eigenvalue weighted by Crippen LogP contribution is -2.26. The number of carbonyl (C=O) groups is 4. The molecule has 2 amide bonds. The van der Waals surface area contributed by atoms with E-state index in [1.54, 1.807) is 19.1 Å². The van der Waals surface area contributed by atoms with E-state index in [1.165, 1.54) is 6.92 Å². The van der Waals surface area contributed by atoms with E-state index in [0.29, 0.717) is 16.5 Å². The molecule has 1 heterocycles. The van der Waals surface area contributed by atoms with Crippen LogP contribution in [0.25, 0.3) is 0 Å². The minimum atomic E-state index is -0.842. The van der Waals surface area contributed by atoms with Gasteiger partial charge in [0.05, 0.1) is 17.0 Å². The number of aryl methyl sites for hydroxylation is 3. The zero-order chi connectivity index (χ0) is 20.1. The summed E-state index contributed by atoms with van der Waals surface area (Å²) in [6.45, 7) is 6.78. The van der Waals surface area contributed by atoms with Crippen LogP contribution < -0.4 is 16.2 Å². The molecule has 27 heavy (non-hydrogen) atoms. The quantitative estimate of drug-likeness (QED) is 0.290. The number of nitrogens with one attached hydrogen (secondary N) is 3. The fourth-order valence-corrected chi connectivity index (χ4v) is 3.03. The van der Waals surface area contributed by atoms with E-state index >= 15 is 0 Å². The van der Waals surface area contributed by atoms with E-state index in [9.17, 15) is 19.2 Å². The van der Waals surface area contributed by atoms with Crippen molar-refractivity contribution in [2.75, 3.05) is 10.7 Å². The van der Waals surface area contributed by atoms with E-state index in [1.807, 2.05) is 19.9 Å². The summed E-state index contributed by atoms with van der Waals surface area (Å²) in [5.74, 6) is -2.48. The molecule has 2 aromatic rings. The highest BCUT2D eigenvalue weighted by molar-refractivity contribution is 7.17. The molecule has 8 nitrogen and oxygen atoms in total. The predicted octanol–water partition coefficient (Wildman–Crippen LogP) is 2.31. The molecule has 0 bridgehead atoms. The highest BCUT2D eigenvalue weighted by Gasteiger charge is 2.22. The number of nitrogens with zero attached hydrogens (tertiary/aromatic N) is 1. The number of rotatable bonds is 7. The van der Waals surface area contributed by atoms with Crippen LogP contribution in [0.1, 0.15) is 39.8 Å². The highest BCUT2D eigenvalue weighted by Crippen LogP contribution is 2.23. The molecule has 9 heteroatoms. The van der Waals surface area contributed by atoms with Crippen molar-refractivity contribution in [2.24, 2.45) is 0 Å². The summed E-state index contributed by atoms with van der Waals surface area (Å²) >= 11 is 1.00. The van der Waals surface area contributed by atoms with E-state index in [-0.39, 0.29) is 10.8 Å². The van der Waals surface area contributed by atoms with Crippen molar-refractivity contribution in [3.63, 3.8) is 0 Å². The molecule has 0 unspecified atom stereocenters. The van der Waals surface area contributed by atoms with E-state index < -0.39 is 23.9 Å². The van der Waals surface area contributed by atoms with Gasteiger partial charge in [0.25, 0.3) is 5.91 Å². The Labute approximate surface area is 160 Å². The number of hydrazine groups is 1. The predicted molar refractivity (Wildman–Crippen MR) is 103 cm³/mol. The first-order valence-corrected chi connectivity index (χ1v) is 8.93.